The number of halogens is 1. The van der Waals surface area contributed by atoms with Crippen molar-refractivity contribution in [3.8, 4) is 5.75 Å². The van der Waals surface area contributed by atoms with Crippen LogP contribution in [-0.2, 0) is 11.2 Å². The number of hydrogen-bond acceptors (Lipinski definition) is 4. The molecule has 2 aromatic carbocycles. The molecule has 0 fully saturated rings. The molecule has 0 bridgehead atoms. The number of thiophene rings is 1. The number of benzene rings is 2. The Hall–Kier alpha value is -3.19. The van der Waals surface area contributed by atoms with Gasteiger partial charge in [-0.25, -0.2) is 4.39 Å². The minimum atomic E-state index is -0.324. The molecule has 5 nitrogen and oxygen atoms in total. The lowest BCUT2D eigenvalue weighted by molar-refractivity contribution is -0.136. The van der Waals surface area contributed by atoms with Gasteiger partial charge in [0, 0.05) is 23.0 Å². The van der Waals surface area contributed by atoms with E-state index in [0.717, 1.165) is 18.4 Å². The van der Waals surface area contributed by atoms with Gasteiger partial charge in [0.05, 0.1) is 6.04 Å². The number of nitrogens with zero attached hydrogens (tertiary/aromatic N) is 2. The zero-order valence-corrected chi connectivity index (χ0v) is 20.3. The van der Waals surface area contributed by atoms with Gasteiger partial charge in [-0.2, -0.15) is 0 Å². The number of fused-ring (bicyclic) bond motifs is 1. The van der Waals surface area contributed by atoms with Crippen LogP contribution in [-0.4, -0.2) is 47.4 Å². The molecule has 0 spiro atoms. The van der Waals surface area contributed by atoms with Crippen LogP contribution in [0.2, 0.25) is 0 Å². The number of carbonyl (C=O) groups is 2. The highest BCUT2D eigenvalue weighted by molar-refractivity contribution is 7.10. The fraction of sp³-hybridized carbons (Fsp3) is 0.333. The second kappa shape index (κ2) is 10.8. The lowest BCUT2D eigenvalue weighted by atomic mass is 10.00. The Morgan fingerprint density at radius 1 is 1.15 bits per heavy atom. The summed E-state index contributed by atoms with van der Waals surface area (Å²) in [5.41, 5.74) is 1.65. The molecule has 1 aliphatic rings. The summed E-state index contributed by atoms with van der Waals surface area (Å²) in [5.74, 6) is -0.0171. The largest absolute Gasteiger partial charge is 0.491 e. The predicted octanol–water partition coefficient (Wildman–Crippen LogP) is 5.33. The highest BCUT2D eigenvalue weighted by Gasteiger charge is 2.34. The zero-order chi connectivity index (χ0) is 24.1. The van der Waals surface area contributed by atoms with E-state index in [4.69, 9.17) is 4.74 Å². The Kier molecular flexibility index (Phi) is 7.63. The normalized spacial score (nSPS) is 16.0. The molecule has 4 rings (SSSR count). The van der Waals surface area contributed by atoms with Crippen molar-refractivity contribution in [1.82, 2.24) is 9.80 Å². The summed E-state index contributed by atoms with van der Waals surface area (Å²) >= 11 is 1.68. The number of hydrogen-bond donors (Lipinski definition) is 0. The van der Waals surface area contributed by atoms with Gasteiger partial charge >= 0.3 is 0 Å². The summed E-state index contributed by atoms with van der Waals surface area (Å²) in [4.78, 5) is 31.6. The first kappa shape index (κ1) is 24.0. The summed E-state index contributed by atoms with van der Waals surface area (Å²) < 4.78 is 19.2. The molecule has 1 aromatic heterocycles. The van der Waals surface area contributed by atoms with Gasteiger partial charge in [-0.3, -0.25) is 9.59 Å². The SMILES string of the molecule is CC[C@@H](C)N(CC(=O)N1CCc2sccc2[C@H]1COc1ccc(F)cc1)C(=O)c1ccccc1. The second-order valence-electron chi connectivity index (χ2n) is 8.47. The Bertz CT molecular complexity index is 1120. The fourth-order valence-corrected chi connectivity index (χ4v) is 5.14. The molecular weight excluding hydrogens is 451 g/mol. The van der Waals surface area contributed by atoms with Crippen molar-refractivity contribution in [2.24, 2.45) is 0 Å². The first-order valence-corrected chi connectivity index (χ1v) is 12.5. The Balaban J connectivity index is 1.54. The van der Waals surface area contributed by atoms with Gasteiger partial charge in [-0.05, 0) is 73.2 Å². The van der Waals surface area contributed by atoms with E-state index in [1.54, 1.807) is 40.5 Å². The van der Waals surface area contributed by atoms with Crippen molar-refractivity contribution >= 4 is 23.2 Å². The van der Waals surface area contributed by atoms with Crippen LogP contribution in [0.25, 0.3) is 0 Å². The van der Waals surface area contributed by atoms with E-state index in [1.807, 2.05) is 48.4 Å². The number of rotatable bonds is 8. The Labute approximate surface area is 203 Å². The molecule has 2 atom stereocenters. The van der Waals surface area contributed by atoms with Gasteiger partial charge in [0.1, 0.15) is 24.7 Å². The third kappa shape index (κ3) is 5.30. The van der Waals surface area contributed by atoms with Crippen LogP contribution in [0.3, 0.4) is 0 Å². The van der Waals surface area contributed by atoms with Gasteiger partial charge in [0.25, 0.3) is 5.91 Å². The Morgan fingerprint density at radius 3 is 2.59 bits per heavy atom. The summed E-state index contributed by atoms with van der Waals surface area (Å²) in [5, 5.41) is 2.04. The van der Waals surface area contributed by atoms with E-state index in [-0.39, 0.29) is 42.9 Å². The molecule has 7 heteroatoms. The average Bonchev–Trinajstić information content (AvgIpc) is 3.35. The maximum atomic E-state index is 13.6. The van der Waals surface area contributed by atoms with E-state index in [1.165, 1.54) is 17.0 Å². The first-order chi connectivity index (χ1) is 16.5. The monoisotopic (exact) mass is 480 g/mol. The second-order valence-corrected chi connectivity index (χ2v) is 9.47. The van der Waals surface area contributed by atoms with Crippen LogP contribution in [0.15, 0.2) is 66.0 Å². The van der Waals surface area contributed by atoms with Crippen LogP contribution < -0.4 is 4.74 Å². The van der Waals surface area contributed by atoms with Gasteiger partial charge < -0.3 is 14.5 Å². The van der Waals surface area contributed by atoms with E-state index in [0.29, 0.717) is 17.9 Å². The minimum Gasteiger partial charge on any atom is -0.491 e. The molecule has 34 heavy (non-hydrogen) atoms. The number of carbonyl (C=O) groups excluding carboxylic acids is 2. The van der Waals surface area contributed by atoms with Crippen molar-refractivity contribution in [1.29, 1.82) is 0 Å². The van der Waals surface area contributed by atoms with Crippen LogP contribution in [0.1, 0.15) is 47.1 Å². The molecule has 0 saturated carbocycles. The molecule has 0 unspecified atom stereocenters. The van der Waals surface area contributed by atoms with Crippen molar-refractivity contribution in [3.63, 3.8) is 0 Å². The van der Waals surface area contributed by atoms with Crippen molar-refractivity contribution in [2.75, 3.05) is 19.7 Å². The summed E-state index contributed by atoms with van der Waals surface area (Å²) in [6.07, 6.45) is 1.53. The van der Waals surface area contributed by atoms with E-state index >= 15 is 0 Å². The summed E-state index contributed by atoms with van der Waals surface area (Å²) in [6, 6.07) is 16.7. The van der Waals surface area contributed by atoms with Gasteiger partial charge in [-0.1, -0.05) is 25.1 Å². The average molecular weight is 481 g/mol. The fourth-order valence-electron chi connectivity index (χ4n) is 4.21. The maximum absolute atomic E-state index is 13.6. The lowest BCUT2D eigenvalue weighted by Gasteiger charge is -2.38. The lowest BCUT2D eigenvalue weighted by Crippen LogP contribution is -2.49. The molecular formula is C27H29FN2O3S. The van der Waals surface area contributed by atoms with E-state index < -0.39 is 0 Å². The highest BCUT2D eigenvalue weighted by Crippen LogP contribution is 2.34. The van der Waals surface area contributed by atoms with Crippen molar-refractivity contribution in [3.05, 3.63) is 87.9 Å². The zero-order valence-electron chi connectivity index (χ0n) is 19.4. The summed E-state index contributed by atoms with van der Waals surface area (Å²) in [6.45, 7) is 4.82. The topological polar surface area (TPSA) is 49.9 Å². The first-order valence-electron chi connectivity index (χ1n) is 11.6. The molecule has 3 aromatic rings. The van der Waals surface area contributed by atoms with Gasteiger partial charge in [0.15, 0.2) is 0 Å². The van der Waals surface area contributed by atoms with Gasteiger partial charge in [0.2, 0.25) is 5.91 Å². The molecule has 0 radical (unpaired) electrons. The van der Waals surface area contributed by atoms with Gasteiger partial charge in [-0.15, -0.1) is 11.3 Å². The third-order valence-corrected chi connectivity index (χ3v) is 7.34. The van der Waals surface area contributed by atoms with E-state index in [9.17, 15) is 14.0 Å². The molecule has 0 saturated heterocycles. The van der Waals surface area contributed by atoms with Crippen molar-refractivity contribution < 1.29 is 18.7 Å². The van der Waals surface area contributed by atoms with Crippen LogP contribution in [0.4, 0.5) is 4.39 Å². The molecule has 0 N–H and O–H groups in total. The third-order valence-electron chi connectivity index (χ3n) is 6.35. The molecule has 0 aliphatic carbocycles. The molecule has 178 valence electrons. The quantitative estimate of drug-likeness (QED) is 0.438. The number of amides is 2. The summed E-state index contributed by atoms with van der Waals surface area (Å²) in [7, 11) is 0. The van der Waals surface area contributed by atoms with Crippen LogP contribution >= 0.6 is 11.3 Å². The predicted molar refractivity (Wildman–Crippen MR) is 132 cm³/mol. The smallest absolute Gasteiger partial charge is 0.254 e. The van der Waals surface area contributed by atoms with Crippen LogP contribution in [0, 0.1) is 5.82 Å². The molecule has 1 aliphatic heterocycles. The van der Waals surface area contributed by atoms with E-state index in [2.05, 4.69) is 0 Å². The van der Waals surface area contributed by atoms with Crippen molar-refractivity contribution in [2.45, 2.75) is 38.8 Å². The Morgan fingerprint density at radius 2 is 1.88 bits per heavy atom. The highest BCUT2D eigenvalue weighted by atomic mass is 32.1. The molecule has 2 heterocycles. The molecule has 2 amide bonds. The maximum Gasteiger partial charge on any atom is 0.254 e. The minimum absolute atomic E-state index is 0.00918. The standard InChI is InChI=1S/C27H29FN2O3S/c1-3-19(2)30(27(32)20-7-5-4-6-8-20)17-26(31)29-15-13-25-23(14-16-34-25)24(29)18-33-22-11-9-21(28)10-12-22/h4-12,14,16,19,24H,3,13,15,17-18H2,1-2H3/t19-,24-/m1/s1. The number of ether oxygens (including phenoxy) is 1. The van der Waals surface area contributed by atoms with Crippen LogP contribution in [0.5, 0.6) is 5.75 Å².